The van der Waals surface area contributed by atoms with Crippen molar-refractivity contribution in [2.24, 2.45) is 17.1 Å². The van der Waals surface area contributed by atoms with Crippen molar-refractivity contribution in [3.05, 3.63) is 0 Å². The second-order valence-corrected chi connectivity index (χ2v) is 7.11. The van der Waals surface area contributed by atoms with E-state index in [0.717, 1.165) is 25.7 Å². The van der Waals surface area contributed by atoms with Gasteiger partial charge in [0.15, 0.2) is 0 Å². The van der Waals surface area contributed by atoms with Gasteiger partial charge in [-0.2, -0.15) is 0 Å². The van der Waals surface area contributed by atoms with Crippen LogP contribution in [0.4, 0.5) is 0 Å². The Morgan fingerprint density at radius 2 is 1.89 bits per heavy atom. The second kappa shape index (κ2) is 5.55. The lowest BCUT2D eigenvalue weighted by molar-refractivity contribution is -0.123. The Hall–Kier alpha value is -0.640. The van der Waals surface area contributed by atoms with Gasteiger partial charge < -0.3 is 11.1 Å². The van der Waals surface area contributed by atoms with Crippen molar-refractivity contribution in [1.29, 1.82) is 0 Å². The van der Waals surface area contributed by atoms with Crippen molar-refractivity contribution in [3.63, 3.8) is 0 Å². The highest BCUT2D eigenvalue weighted by Crippen LogP contribution is 2.32. The van der Waals surface area contributed by atoms with Crippen LogP contribution in [0.3, 0.4) is 0 Å². The largest absolute Gasteiger partial charge is 0.391 e. The molecule has 1 aliphatic carbocycles. The van der Waals surface area contributed by atoms with E-state index in [0.29, 0.717) is 17.3 Å². The van der Waals surface area contributed by atoms with Gasteiger partial charge in [-0.25, -0.2) is 0 Å². The third-order valence-electron chi connectivity index (χ3n) is 4.28. The van der Waals surface area contributed by atoms with Crippen molar-refractivity contribution in [1.82, 2.24) is 5.32 Å². The minimum Gasteiger partial charge on any atom is -0.391 e. The number of nitrogens with one attached hydrogen (secondary N) is 1. The first kappa shape index (κ1) is 15.4. The molecule has 1 unspecified atom stereocenters. The van der Waals surface area contributed by atoms with Gasteiger partial charge in [0.25, 0.3) is 0 Å². The summed E-state index contributed by atoms with van der Waals surface area (Å²) >= 11 is 5.14. The van der Waals surface area contributed by atoms with Gasteiger partial charge in [-0.05, 0) is 24.2 Å². The fourth-order valence-corrected chi connectivity index (χ4v) is 2.57. The predicted octanol–water partition coefficient (Wildman–Crippen LogP) is 2.77. The summed E-state index contributed by atoms with van der Waals surface area (Å²) in [5.74, 6) is 0.412. The van der Waals surface area contributed by atoms with Crippen LogP contribution in [0.1, 0.15) is 59.8 Å². The van der Waals surface area contributed by atoms with Gasteiger partial charge in [0.05, 0.1) is 10.5 Å². The molecule has 3 N–H and O–H groups in total. The summed E-state index contributed by atoms with van der Waals surface area (Å²) in [4.78, 5) is 12.6. The topological polar surface area (TPSA) is 55.1 Å². The van der Waals surface area contributed by atoms with E-state index in [1.165, 1.54) is 0 Å². The summed E-state index contributed by atoms with van der Waals surface area (Å²) in [5.41, 5.74) is 5.54. The van der Waals surface area contributed by atoms with Crippen molar-refractivity contribution in [2.45, 2.75) is 65.3 Å². The number of thiocarbonyl (C=S) groups is 1. The van der Waals surface area contributed by atoms with Crippen LogP contribution in [-0.2, 0) is 4.79 Å². The lowest BCUT2D eigenvalue weighted by atomic mass is 9.80. The maximum Gasteiger partial charge on any atom is 0.221 e. The molecule has 18 heavy (non-hydrogen) atoms. The Morgan fingerprint density at radius 3 is 2.28 bits per heavy atom. The van der Waals surface area contributed by atoms with Gasteiger partial charge in [-0.15, -0.1) is 0 Å². The van der Waals surface area contributed by atoms with E-state index in [1.54, 1.807) is 0 Å². The van der Waals surface area contributed by atoms with E-state index < -0.39 is 5.54 Å². The molecule has 0 aromatic carbocycles. The van der Waals surface area contributed by atoms with Crippen molar-refractivity contribution >= 4 is 23.1 Å². The average molecular weight is 270 g/mol. The van der Waals surface area contributed by atoms with Gasteiger partial charge in [-0.3, -0.25) is 4.79 Å². The number of hydrogen-bond acceptors (Lipinski definition) is 2. The highest BCUT2D eigenvalue weighted by molar-refractivity contribution is 7.80. The first-order valence-electron chi connectivity index (χ1n) is 6.78. The molecule has 0 aliphatic heterocycles. The van der Waals surface area contributed by atoms with E-state index in [4.69, 9.17) is 18.0 Å². The Labute approximate surface area is 116 Å². The molecule has 0 radical (unpaired) electrons. The number of nitrogens with two attached hydrogens (primary N) is 1. The number of carbonyl (C=O) groups excluding carboxylic acids is 1. The quantitative estimate of drug-likeness (QED) is 0.772. The zero-order valence-corrected chi connectivity index (χ0v) is 12.8. The standard InChI is InChI=1S/C14H26N2OS/c1-10(13(2,3)4)9-11(17)16-14(12(15)18)7-5-6-8-14/h10H,5-9H2,1-4H3,(H2,15,18)(H,16,17). The molecule has 1 amide bonds. The smallest absolute Gasteiger partial charge is 0.221 e. The molecule has 0 saturated heterocycles. The molecule has 0 spiro atoms. The van der Waals surface area contributed by atoms with Crippen molar-refractivity contribution in [2.75, 3.05) is 0 Å². The third-order valence-corrected chi connectivity index (χ3v) is 4.67. The summed E-state index contributed by atoms with van der Waals surface area (Å²) in [5, 5.41) is 3.09. The molecule has 1 atom stereocenters. The molecular formula is C14H26N2OS. The molecule has 0 bridgehead atoms. The van der Waals surface area contributed by atoms with Gasteiger partial charge in [0, 0.05) is 6.42 Å². The van der Waals surface area contributed by atoms with E-state index in [1.807, 2.05) is 0 Å². The van der Waals surface area contributed by atoms with Crippen LogP contribution in [0.25, 0.3) is 0 Å². The number of carbonyl (C=O) groups is 1. The van der Waals surface area contributed by atoms with Crippen LogP contribution >= 0.6 is 12.2 Å². The SMILES string of the molecule is CC(CC(=O)NC1(C(N)=S)CCCC1)C(C)(C)C. The van der Waals surface area contributed by atoms with Gasteiger partial charge in [-0.1, -0.05) is 52.8 Å². The minimum absolute atomic E-state index is 0.0760. The third kappa shape index (κ3) is 3.67. The average Bonchev–Trinajstić information content (AvgIpc) is 2.65. The summed E-state index contributed by atoms with van der Waals surface area (Å²) in [6, 6.07) is 0. The van der Waals surface area contributed by atoms with E-state index >= 15 is 0 Å². The molecule has 104 valence electrons. The maximum atomic E-state index is 12.1. The summed E-state index contributed by atoms with van der Waals surface area (Å²) < 4.78 is 0. The number of hydrogen-bond donors (Lipinski definition) is 2. The number of rotatable bonds is 4. The first-order chi connectivity index (χ1) is 8.17. The van der Waals surface area contributed by atoms with Crippen LogP contribution in [0, 0.1) is 11.3 Å². The molecule has 3 nitrogen and oxygen atoms in total. The molecule has 1 fully saturated rings. The molecule has 1 rings (SSSR count). The summed E-state index contributed by atoms with van der Waals surface area (Å²) in [6.45, 7) is 8.58. The van der Waals surface area contributed by atoms with Crippen LogP contribution < -0.4 is 11.1 Å². The van der Waals surface area contributed by atoms with E-state index in [2.05, 4.69) is 33.0 Å². The van der Waals surface area contributed by atoms with Gasteiger partial charge in [0.1, 0.15) is 0 Å². The fraction of sp³-hybridized carbons (Fsp3) is 0.857. The van der Waals surface area contributed by atoms with Gasteiger partial charge in [0.2, 0.25) is 5.91 Å². The Kier molecular flexibility index (Phi) is 4.76. The van der Waals surface area contributed by atoms with Crippen LogP contribution in [-0.4, -0.2) is 16.4 Å². The molecule has 0 aromatic rings. The van der Waals surface area contributed by atoms with Crippen LogP contribution in [0.2, 0.25) is 0 Å². The molecule has 1 aliphatic rings. The second-order valence-electron chi connectivity index (χ2n) is 6.67. The van der Waals surface area contributed by atoms with Crippen LogP contribution in [0.5, 0.6) is 0 Å². The predicted molar refractivity (Wildman–Crippen MR) is 79.4 cm³/mol. The van der Waals surface area contributed by atoms with E-state index in [-0.39, 0.29) is 11.3 Å². The molecule has 0 heterocycles. The van der Waals surface area contributed by atoms with Crippen molar-refractivity contribution in [3.8, 4) is 0 Å². The zero-order chi connectivity index (χ0) is 14.0. The normalized spacial score (nSPS) is 20.4. The highest BCUT2D eigenvalue weighted by atomic mass is 32.1. The highest BCUT2D eigenvalue weighted by Gasteiger charge is 2.38. The minimum atomic E-state index is -0.413. The van der Waals surface area contributed by atoms with Crippen molar-refractivity contribution < 1.29 is 4.79 Å². The zero-order valence-electron chi connectivity index (χ0n) is 12.0. The lowest BCUT2D eigenvalue weighted by Crippen LogP contribution is -2.55. The van der Waals surface area contributed by atoms with E-state index in [9.17, 15) is 4.79 Å². The molecule has 1 saturated carbocycles. The Morgan fingerprint density at radius 1 is 1.39 bits per heavy atom. The first-order valence-corrected chi connectivity index (χ1v) is 7.19. The van der Waals surface area contributed by atoms with Gasteiger partial charge >= 0.3 is 0 Å². The monoisotopic (exact) mass is 270 g/mol. The summed E-state index contributed by atoms with van der Waals surface area (Å²) in [6.07, 6.45) is 4.49. The molecular weight excluding hydrogens is 244 g/mol. The lowest BCUT2D eigenvalue weighted by Gasteiger charge is -2.32. The Bertz CT molecular complexity index is 327. The number of amides is 1. The molecule has 4 heteroatoms. The van der Waals surface area contributed by atoms with Crippen LogP contribution in [0.15, 0.2) is 0 Å². The maximum absolute atomic E-state index is 12.1. The Balaban J connectivity index is 2.61. The summed E-state index contributed by atoms with van der Waals surface area (Å²) in [7, 11) is 0. The molecule has 0 aromatic heterocycles. The fourth-order valence-electron chi connectivity index (χ4n) is 2.31.